The van der Waals surface area contributed by atoms with Crippen LogP contribution in [-0.2, 0) is 0 Å². The average molecular weight is 250 g/mol. The number of nitro groups is 1. The third-order valence-electron chi connectivity index (χ3n) is 3.24. The molecule has 6 nitrogen and oxygen atoms in total. The van der Waals surface area contributed by atoms with Crippen LogP contribution >= 0.6 is 0 Å². The summed E-state index contributed by atoms with van der Waals surface area (Å²) >= 11 is 0. The van der Waals surface area contributed by atoms with E-state index in [1.54, 1.807) is 6.07 Å². The average Bonchev–Trinajstić information content (AvgIpc) is 2.31. The molecule has 1 atom stereocenters. The number of likely N-dealkylation sites (N-methyl/N-ethyl adjacent to an activating group) is 1. The van der Waals surface area contributed by atoms with Gasteiger partial charge in [0.2, 0.25) is 0 Å². The van der Waals surface area contributed by atoms with Gasteiger partial charge in [0, 0.05) is 18.7 Å². The Kier molecular flexibility index (Phi) is 3.76. The summed E-state index contributed by atoms with van der Waals surface area (Å²) in [4.78, 5) is 16.6. The van der Waals surface area contributed by atoms with Crippen molar-refractivity contribution in [2.45, 2.75) is 25.8 Å². The van der Waals surface area contributed by atoms with Crippen molar-refractivity contribution in [2.24, 2.45) is 0 Å². The number of anilines is 1. The highest BCUT2D eigenvalue weighted by Gasteiger charge is 2.18. The van der Waals surface area contributed by atoms with Crippen molar-refractivity contribution < 1.29 is 4.92 Å². The zero-order valence-electron chi connectivity index (χ0n) is 10.7. The predicted octanol–water partition coefficient (Wildman–Crippen LogP) is 1.80. The first kappa shape index (κ1) is 12.8. The summed E-state index contributed by atoms with van der Waals surface area (Å²) in [5.41, 5.74) is 0.858. The van der Waals surface area contributed by atoms with E-state index in [0.717, 1.165) is 30.9 Å². The zero-order valence-corrected chi connectivity index (χ0v) is 10.7. The van der Waals surface area contributed by atoms with Crippen LogP contribution in [-0.4, -0.2) is 41.0 Å². The molecule has 0 aromatic carbocycles. The lowest BCUT2D eigenvalue weighted by Gasteiger charge is -2.30. The molecule has 2 rings (SSSR count). The lowest BCUT2D eigenvalue weighted by atomic mass is 10.1. The molecule has 1 aliphatic heterocycles. The number of hydrogen-bond acceptors (Lipinski definition) is 5. The third kappa shape index (κ3) is 2.95. The number of hydrogen-bond donors (Lipinski definition) is 1. The van der Waals surface area contributed by atoms with Gasteiger partial charge in [-0.05, 0) is 38.9 Å². The van der Waals surface area contributed by atoms with Crippen molar-refractivity contribution in [3.8, 4) is 0 Å². The van der Waals surface area contributed by atoms with Gasteiger partial charge < -0.3 is 10.2 Å². The Bertz CT molecular complexity index is 450. The van der Waals surface area contributed by atoms with E-state index in [2.05, 4.69) is 22.2 Å². The quantitative estimate of drug-likeness (QED) is 0.654. The van der Waals surface area contributed by atoms with Gasteiger partial charge >= 0.3 is 0 Å². The van der Waals surface area contributed by atoms with Gasteiger partial charge in [0.25, 0.3) is 5.69 Å². The van der Waals surface area contributed by atoms with Crippen molar-refractivity contribution in [1.29, 1.82) is 0 Å². The predicted molar refractivity (Wildman–Crippen MR) is 69.8 cm³/mol. The molecule has 1 aliphatic rings. The summed E-state index contributed by atoms with van der Waals surface area (Å²) < 4.78 is 0. The largest absolute Gasteiger partial charge is 0.366 e. The molecule has 1 unspecified atom stereocenters. The number of pyridine rings is 1. The van der Waals surface area contributed by atoms with Crippen LogP contribution < -0.4 is 5.32 Å². The molecule has 1 N–H and O–H groups in total. The van der Waals surface area contributed by atoms with E-state index >= 15 is 0 Å². The fraction of sp³-hybridized carbons (Fsp3) is 0.583. The van der Waals surface area contributed by atoms with Crippen LogP contribution in [0.5, 0.6) is 0 Å². The van der Waals surface area contributed by atoms with Crippen molar-refractivity contribution >= 4 is 11.5 Å². The Labute approximate surface area is 106 Å². The molecule has 6 heteroatoms. The summed E-state index contributed by atoms with van der Waals surface area (Å²) in [6.07, 6.45) is 3.59. The van der Waals surface area contributed by atoms with Gasteiger partial charge in [-0.25, -0.2) is 4.98 Å². The van der Waals surface area contributed by atoms with Crippen LogP contribution in [0.25, 0.3) is 0 Å². The van der Waals surface area contributed by atoms with Crippen LogP contribution in [0.1, 0.15) is 18.4 Å². The van der Waals surface area contributed by atoms with Gasteiger partial charge in [0.1, 0.15) is 12.0 Å². The molecule has 0 spiro atoms. The first-order valence-electron chi connectivity index (χ1n) is 6.12. The van der Waals surface area contributed by atoms with Gasteiger partial charge in [0.05, 0.1) is 4.92 Å². The van der Waals surface area contributed by atoms with Gasteiger partial charge in [0.15, 0.2) is 0 Å². The summed E-state index contributed by atoms with van der Waals surface area (Å²) in [5, 5.41) is 14.0. The van der Waals surface area contributed by atoms with Gasteiger partial charge in [-0.1, -0.05) is 0 Å². The van der Waals surface area contributed by atoms with Gasteiger partial charge in [-0.2, -0.15) is 0 Å². The number of rotatable bonds is 3. The SMILES string of the molecule is Cc1cc([N+](=O)[O-])cnc1NC1CCCN(C)C1. The first-order chi connectivity index (χ1) is 8.56. The molecule has 0 radical (unpaired) electrons. The molecular weight excluding hydrogens is 232 g/mol. The second-order valence-corrected chi connectivity index (χ2v) is 4.86. The number of aryl methyl sites for hydroxylation is 1. The number of likely N-dealkylation sites (tertiary alicyclic amines) is 1. The van der Waals surface area contributed by atoms with E-state index in [9.17, 15) is 10.1 Å². The lowest BCUT2D eigenvalue weighted by Crippen LogP contribution is -2.40. The molecule has 1 aromatic rings. The van der Waals surface area contributed by atoms with E-state index in [1.165, 1.54) is 12.6 Å². The van der Waals surface area contributed by atoms with Gasteiger partial charge in [-0.3, -0.25) is 10.1 Å². The molecule has 0 saturated carbocycles. The molecule has 18 heavy (non-hydrogen) atoms. The summed E-state index contributed by atoms with van der Waals surface area (Å²) in [6.45, 7) is 3.96. The van der Waals surface area contributed by atoms with E-state index in [0.29, 0.717) is 6.04 Å². The molecule has 1 fully saturated rings. The highest BCUT2D eigenvalue weighted by Crippen LogP contribution is 2.20. The normalized spacial score (nSPS) is 20.7. The number of nitrogens with zero attached hydrogens (tertiary/aromatic N) is 3. The van der Waals surface area contributed by atoms with Crippen molar-refractivity contribution in [1.82, 2.24) is 9.88 Å². The van der Waals surface area contributed by atoms with Crippen LogP contribution in [0, 0.1) is 17.0 Å². The van der Waals surface area contributed by atoms with Crippen molar-refractivity contribution in [2.75, 3.05) is 25.5 Å². The zero-order chi connectivity index (χ0) is 13.1. The maximum absolute atomic E-state index is 10.6. The van der Waals surface area contributed by atoms with E-state index in [-0.39, 0.29) is 5.69 Å². The maximum atomic E-state index is 10.6. The van der Waals surface area contributed by atoms with Crippen molar-refractivity contribution in [3.63, 3.8) is 0 Å². The Morgan fingerprint density at radius 3 is 3.00 bits per heavy atom. The van der Waals surface area contributed by atoms with E-state index in [4.69, 9.17) is 0 Å². The third-order valence-corrected chi connectivity index (χ3v) is 3.24. The van der Waals surface area contributed by atoms with Crippen molar-refractivity contribution in [3.05, 3.63) is 27.9 Å². The molecule has 1 aromatic heterocycles. The minimum atomic E-state index is -0.418. The minimum Gasteiger partial charge on any atom is -0.366 e. The Morgan fingerprint density at radius 1 is 1.61 bits per heavy atom. The van der Waals surface area contributed by atoms with Crippen LogP contribution in [0.4, 0.5) is 11.5 Å². The lowest BCUT2D eigenvalue weighted by molar-refractivity contribution is -0.385. The number of nitrogens with one attached hydrogen (secondary N) is 1. The fourth-order valence-electron chi connectivity index (χ4n) is 2.29. The highest BCUT2D eigenvalue weighted by atomic mass is 16.6. The molecule has 1 saturated heterocycles. The monoisotopic (exact) mass is 250 g/mol. The topological polar surface area (TPSA) is 71.3 Å². The fourth-order valence-corrected chi connectivity index (χ4v) is 2.29. The summed E-state index contributed by atoms with van der Waals surface area (Å²) in [7, 11) is 2.10. The maximum Gasteiger partial charge on any atom is 0.287 e. The second kappa shape index (κ2) is 5.30. The summed E-state index contributed by atoms with van der Waals surface area (Å²) in [6, 6.07) is 1.93. The first-order valence-corrected chi connectivity index (χ1v) is 6.12. The molecular formula is C12H18N4O2. The second-order valence-electron chi connectivity index (χ2n) is 4.86. The van der Waals surface area contributed by atoms with Crippen LogP contribution in [0.2, 0.25) is 0 Å². The number of piperidine rings is 1. The smallest absolute Gasteiger partial charge is 0.287 e. The Balaban J connectivity index is 2.07. The summed E-state index contributed by atoms with van der Waals surface area (Å²) in [5.74, 6) is 0.751. The van der Waals surface area contributed by atoms with E-state index < -0.39 is 4.92 Å². The van der Waals surface area contributed by atoms with Crippen LogP contribution in [0.3, 0.4) is 0 Å². The highest BCUT2D eigenvalue weighted by molar-refractivity contribution is 5.48. The molecule has 2 heterocycles. The molecule has 98 valence electrons. The molecule has 0 amide bonds. The number of aromatic nitrogens is 1. The van der Waals surface area contributed by atoms with Gasteiger partial charge in [-0.15, -0.1) is 0 Å². The Morgan fingerprint density at radius 2 is 2.39 bits per heavy atom. The minimum absolute atomic E-state index is 0.0406. The molecule has 0 bridgehead atoms. The van der Waals surface area contributed by atoms with E-state index in [1.807, 2.05) is 6.92 Å². The Hall–Kier alpha value is -1.69. The standard InChI is InChI=1S/C12H18N4O2/c1-9-6-11(16(17)18)7-13-12(9)14-10-4-3-5-15(2)8-10/h6-7,10H,3-5,8H2,1-2H3,(H,13,14). The van der Waals surface area contributed by atoms with Crippen LogP contribution in [0.15, 0.2) is 12.3 Å². The molecule has 0 aliphatic carbocycles.